The molecule has 0 aliphatic rings. The van der Waals surface area contributed by atoms with Crippen LogP contribution in [0.15, 0.2) is 53.4 Å². The Morgan fingerprint density at radius 3 is 2.19 bits per heavy atom. The van der Waals surface area contributed by atoms with E-state index in [2.05, 4.69) is 12.2 Å². The molecular weight excluding hydrogens is 350 g/mol. The zero-order chi connectivity index (χ0) is 19.0. The summed E-state index contributed by atoms with van der Waals surface area (Å²) in [5, 5.41) is 2.76. The first kappa shape index (κ1) is 20.0. The highest BCUT2D eigenvalue weighted by atomic mass is 32.2. The van der Waals surface area contributed by atoms with Crippen LogP contribution >= 0.6 is 0 Å². The van der Waals surface area contributed by atoms with Crippen LogP contribution < -0.4 is 10.1 Å². The van der Waals surface area contributed by atoms with Crippen LogP contribution in [0.4, 0.5) is 5.69 Å². The second-order valence-corrected chi connectivity index (χ2v) is 8.24. The zero-order valence-electron chi connectivity index (χ0n) is 15.2. The van der Waals surface area contributed by atoms with Gasteiger partial charge in [-0.3, -0.25) is 4.79 Å². The third kappa shape index (κ3) is 5.59. The molecular formula is C20H25NO4S. The summed E-state index contributed by atoms with van der Waals surface area (Å²) >= 11 is 0. The molecule has 2 aromatic rings. The molecule has 0 spiro atoms. The number of nitrogens with one attached hydrogen (secondary N) is 1. The molecule has 0 radical (unpaired) electrons. The van der Waals surface area contributed by atoms with Gasteiger partial charge in [-0.1, -0.05) is 26.7 Å². The van der Waals surface area contributed by atoms with Crippen LogP contribution in [0.1, 0.15) is 43.5 Å². The van der Waals surface area contributed by atoms with E-state index < -0.39 is 9.84 Å². The third-order valence-corrected chi connectivity index (χ3v) is 5.73. The minimum Gasteiger partial charge on any atom is -0.494 e. The summed E-state index contributed by atoms with van der Waals surface area (Å²) in [6.07, 6.45) is 3.30. The van der Waals surface area contributed by atoms with Crippen LogP contribution in [0.5, 0.6) is 5.75 Å². The second-order valence-electron chi connectivity index (χ2n) is 5.96. The fourth-order valence-electron chi connectivity index (χ4n) is 2.36. The highest BCUT2D eigenvalue weighted by Gasteiger charge is 2.12. The maximum absolute atomic E-state index is 12.3. The Morgan fingerprint density at radius 1 is 0.962 bits per heavy atom. The molecule has 140 valence electrons. The second kappa shape index (κ2) is 9.38. The number of carbonyl (C=O) groups excluding carboxylic acids is 1. The van der Waals surface area contributed by atoms with E-state index in [1.165, 1.54) is 12.1 Å². The number of unbranched alkanes of at least 4 members (excludes halogenated alkanes) is 2. The fourth-order valence-corrected chi connectivity index (χ4v) is 3.24. The first-order valence-corrected chi connectivity index (χ1v) is 10.5. The molecule has 0 saturated carbocycles. The van der Waals surface area contributed by atoms with Gasteiger partial charge < -0.3 is 10.1 Å². The molecule has 0 heterocycles. The summed E-state index contributed by atoms with van der Waals surface area (Å²) in [5.41, 5.74) is 1.06. The van der Waals surface area contributed by atoms with Crippen molar-refractivity contribution in [3.63, 3.8) is 0 Å². The first-order chi connectivity index (χ1) is 12.5. The van der Waals surface area contributed by atoms with Crippen molar-refractivity contribution in [3.05, 3.63) is 54.1 Å². The van der Waals surface area contributed by atoms with Crippen molar-refractivity contribution in [2.24, 2.45) is 0 Å². The Morgan fingerprint density at radius 2 is 1.62 bits per heavy atom. The van der Waals surface area contributed by atoms with Crippen LogP contribution in [-0.2, 0) is 9.84 Å². The molecule has 1 amide bonds. The van der Waals surface area contributed by atoms with Crippen LogP contribution in [0.2, 0.25) is 0 Å². The molecule has 2 aromatic carbocycles. The predicted molar refractivity (Wildman–Crippen MR) is 104 cm³/mol. The zero-order valence-corrected chi connectivity index (χ0v) is 16.0. The third-order valence-electron chi connectivity index (χ3n) is 3.98. The quantitative estimate of drug-likeness (QED) is 0.663. The van der Waals surface area contributed by atoms with Crippen molar-refractivity contribution in [3.8, 4) is 5.75 Å². The average Bonchev–Trinajstić information content (AvgIpc) is 2.66. The van der Waals surface area contributed by atoms with E-state index in [9.17, 15) is 13.2 Å². The highest BCUT2D eigenvalue weighted by Crippen LogP contribution is 2.17. The smallest absolute Gasteiger partial charge is 0.255 e. The number of sulfone groups is 1. The van der Waals surface area contributed by atoms with Crippen LogP contribution in [0.25, 0.3) is 0 Å². The van der Waals surface area contributed by atoms with Crippen molar-refractivity contribution in [1.82, 2.24) is 0 Å². The monoisotopic (exact) mass is 375 g/mol. The van der Waals surface area contributed by atoms with Crippen molar-refractivity contribution in [2.75, 3.05) is 17.7 Å². The van der Waals surface area contributed by atoms with E-state index in [0.29, 0.717) is 17.9 Å². The molecule has 26 heavy (non-hydrogen) atoms. The lowest BCUT2D eigenvalue weighted by Crippen LogP contribution is -2.12. The van der Waals surface area contributed by atoms with E-state index in [1.807, 2.05) is 0 Å². The normalized spacial score (nSPS) is 11.2. The van der Waals surface area contributed by atoms with Crippen molar-refractivity contribution < 1.29 is 17.9 Å². The van der Waals surface area contributed by atoms with Crippen molar-refractivity contribution >= 4 is 21.4 Å². The Hall–Kier alpha value is -2.34. The number of benzene rings is 2. The molecule has 0 atom stereocenters. The minimum atomic E-state index is -3.24. The number of hydrogen-bond acceptors (Lipinski definition) is 4. The van der Waals surface area contributed by atoms with Gasteiger partial charge in [0.05, 0.1) is 17.3 Å². The van der Waals surface area contributed by atoms with Gasteiger partial charge >= 0.3 is 0 Å². The number of amides is 1. The lowest BCUT2D eigenvalue weighted by atomic mass is 10.2. The molecule has 0 saturated heterocycles. The molecule has 0 aromatic heterocycles. The lowest BCUT2D eigenvalue weighted by Gasteiger charge is -2.08. The number of rotatable bonds is 9. The van der Waals surface area contributed by atoms with E-state index in [0.717, 1.165) is 25.0 Å². The Kier molecular flexibility index (Phi) is 7.21. The SMILES string of the molecule is CCCCCOc1ccc(C(=O)Nc2ccc(S(=O)(=O)CC)cc2)cc1. The summed E-state index contributed by atoms with van der Waals surface area (Å²) in [4.78, 5) is 12.5. The summed E-state index contributed by atoms with van der Waals surface area (Å²) in [7, 11) is -3.24. The van der Waals surface area contributed by atoms with E-state index in [-0.39, 0.29) is 16.6 Å². The van der Waals surface area contributed by atoms with Crippen LogP contribution in [0.3, 0.4) is 0 Å². The summed E-state index contributed by atoms with van der Waals surface area (Å²) in [5.74, 6) is 0.534. The minimum absolute atomic E-state index is 0.0472. The average molecular weight is 375 g/mol. The van der Waals surface area contributed by atoms with Crippen molar-refractivity contribution in [2.45, 2.75) is 38.0 Å². The molecule has 0 bridgehead atoms. The van der Waals surface area contributed by atoms with Gasteiger partial charge in [-0.05, 0) is 55.0 Å². The molecule has 1 N–H and O–H groups in total. The molecule has 0 fully saturated rings. The fraction of sp³-hybridized carbons (Fsp3) is 0.350. The van der Waals surface area contributed by atoms with Gasteiger partial charge in [-0.15, -0.1) is 0 Å². The van der Waals surface area contributed by atoms with Gasteiger partial charge in [0.1, 0.15) is 5.75 Å². The summed E-state index contributed by atoms with van der Waals surface area (Å²) in [6, 6.07) is 13.1. The number of ether oxygens (including phenoxy) is 1. The predicted octanol–water partition coefficient (Wildman–Crippen LogP) is 4.30. The topological polar surface area (TPSA) is 72.5 Å². The van der Waals surface area contributed by atoms with E-state index in [4.69, 9.17) is 4.74 Å². The maximum Gasteiger partial charge on any atom is 0.255 e. The number of anilines is 1. The number of hydrogen-bond donors (Lipinski definition) is 1. The molecule has 0 aliphatic heterocycles. The molecule has 2 rings (SSSR count). The van der Waals surface area contributed by atoms with Crippen LogP contribution in [0, 0.1) is 0 Å². The van der Waals surface area contributed by atoms with Gasteiger partial charge in [0.25, 0.3) is 5.91 Å². The highest BCUT2D eigenvalue weighted by molar-refractivity contribution is 7.91. The van der Waals surface area contributed by atoms with Crippen LogP contribution in [-0.4, -0.2) is 26.7 Å². The van der Waals surface area contributed by atoms with Gasteiger partial charge in [0.2, 0.25) is 0 Å². The molecule has 5 nitrogen and oxygen atoms in total. The Labute approximate surface area is 155 Å². The summed E-state index contributed by atoms with van der Waals surface area (Å²) in [6.45, 7) is 4.41. The van der Waals surface area contributed by atoms with Gasteiger partial charge in [0, 0.05) is 11.3 Å². The standard InChI is InChI=1S/C20H25NO4S/c1-3-5-6-15-25-18-11-7-16(8-12-18)20(22)21-17-9-13-19(14-10-17)26(23,24)4-2/h7-14H,3-6,15H2,1-2H3,(H,21,22). The van der Waals surface area contributed by atoms with Gasteiger partial charge in [-0.2, -0.15) is 0 Å². The molecule has 6 heteroatoms. The number of carbonyl (C=O) groups is 1. The van der Waals surface area contributed by atoms with Gasteiger partial charge in [0.15, 0.2) is 9.84 Å². The van der Waals surface area contributed by atoms with Gasteiger partial charge in [-0.25, -0.2) is 8.42 Å². The Balaban J connectivity index is 1.95. The molecule has 0 unspecified atom stereocenters. The molecule has 0 aliphatic carbocycles. The Bertz CT molecular complexity index is 812. The lowest BCUT2D eigenvalue weighted by molar-refractivity contribution is 0.102. The van der Waals surface area contributed by atoms with E-state index >= 15 is 0 Å². The maximum atomic E-state index is 12.3. The largest absolute Gasteiger partial charge is 0.494 e. The summed E-state index contributed by atoms with van der Waals surface area (Å²) < 4.78 is 29.2. The van der Waals surface area contributed by atoms with E-state index in [1.54, 1.807) is 43.3 Å². The first-order valence-electron chi connectivity index (χ1n) is 8.83. The van der Waals surface area contributed by atoms with Crippen molar-refractivity contribution in [1.29, 1.82) is 0 Å².